The van der Waals surface area contributed by atoms with Crippen LogP contribution in [0.2, 0.25) is 0 Å². The molecule has 1 aromatic carbocycles. The molecule has 0 spiro atoms. The summed E-state index contributed by atoms with van der Waals surface area (Å²) >= 11 is 0. The third kappa shape index (κ3) is 3.23. The van der Waals surface area contributed by atoms with Gasteiger partial charge in [0, 0.05) is 12.6 Å². The second kappa shape index (κ2) is 5.56. The van der Waals surface area contributed by atoms with Gasteiger partial charge in [-0.15, -0.1) is 0 Å². The molecule has 0 aromatic heterocycles. The van der Waals surface area contributed by atoms with E-state index in [0.29, 0.717) is 18.0 Å². The third-order valence-electron chi connectivity index (χ3n) is 3.36. The van der Waals surface area contributed by atoms with E-state index in [4.69, 9.17) is 5.73 Å². The monoisotopic (exact) mass is 240 g/mol. The predicted molar refractivity (Wildman–Crippen MR) is 63.7 cm³/mol. The van der Waals surface area contributed by atoms with Crippen LogP contribution in [0.4, 0.5) is 8.78 Å². The first-order chi connectivity index (χ1) is 8.16. The Labute approximate surface area is 100 Å². The molecule has 0 saturated carbocycles. The van der Waals surface area contributed by atoms with E-state index in [1.165, 1.54) is 0 Å². The van der Waals surface area contributed by atoms with Crippen molar-refractivity contribution in [3.63, 3.8) is 0 Å². The average molecular weight is 240 g/mol. The normalized spacial score (nSPS) is 18.5. The second-order valence-corrected chi connectivity index (χ2v) is 4.64. The highest BCUT2D eigenvalue weighted by molar-refractivity contribution is 5.19. The van der Waals surface area contributed by atoms with E-state index in [2.05, 4.69) is 4.90 Å². The molecule has 1 aromatic rings. The number of rotatable bonds is 3. The zero-order valence-corrected chi connectivity index (χ0v) is 9.83. The maximum Gasteiger partial charge on any atom is 0.162 e. The number of likely N-dealkylation sites (tertiary alicyclic amines) is 1. The van der Waals surface area contributed by atoms with Gasteiger partial charge in [0.05, 0.1) is 0 Å². The maximum atomic E-state index is 13.4. The van der Waals surface area contributed by atoms with Gasteiger partial charge in [0.15, 0.2) is 11.6 Å². The van der Waals surface area contributed by atoms with Crippen molar-refractivity contribution in [2.24, 2.45) is 5.73 Å². The van der Waals surface area contributed by atoms with E-state index in [9.17, 15) is 8.78 Å². The molecule has 1 saturated heterocycles. The molecular formula is C13H18F2N2. The first-order valence-electron chi connectivity index (χ1n) is 6.07. The number of hydrogen-bond acceptors (Lipinski definition) is 2. The number of hydrogen-bond donors (Lipinski definition) is 1. The Hall–Kier alpha value is -1.00. The number of nitrogens with two attached hydrogens (primary N) is 1. The molecule has 17 heavy (non-hydrogen) atoms. The van der Waals surface area contributed by atoms with Crippen molar-refractivity contribution in [1.29, 1.82) is 0 Å². The molecule has 0 amide bonds. The third-order valence-corrected chi connectivity index (χ3v) is 3.36. The van der Waals surface area contributed by atoms with Crippen LogP contribution in [0, 0.1) is 11.6 Å². The largest absolute Gasteiger partial charge is 0.328 e. The lowest BCUT2D eigenvalue weighted by molar-refractivity contribution is 0.215. The fourth-order valence-corrected chi connectivity index (χ4v) is 2.20. The molecule has 2 rings (SSSR count). The van der Waals surface area contributed by atoms with Crippen LogP contribution < -0.4 is 5.73 Å². The smallest absolute Gasteiger partial charge is 0.162 e. The number of nitrogens with zero attached hydrogens (tertiary/aromatic N) is 1. The molecule has 94 valence electrons. The van der Waals surface area contributed by atoms with Crippen LogP contribution in [0.15, 0.2) is 18.2 Å². The Kier molecular flexibility index (Phi) is 4.07. The van der Waals surface area contributed by atoms with Crippen LogP contribution in [0.5, 0.6) is 0 Å². The Morgan fingerprint density at radius 1 is 1.24 bits per heavy atom. The van der Waals surface area contributed by atoms with E-state index in [1.807, 2.05) is 0 Å². The minimum atomic E-state index is -0.761. The highest BCUT2D eigenvalue weighted by Gasteiger charge is 2.16. The van der Waals surface area contributed by atoms with E-state index in [-0.39, 0.29) is 0 Å². The Balaban J connectivity index is 1.87. The molecular weight excluding hydrogens is 222 g/mol. The van der Waals surface area contributed by atoms with Crippen LogP contribution in [-0.4, -0.2) is 30.6 Å². The van der Waals surface area contributed by atoms with Crippen molar-refractivity contribution in [3.8, 4) is 0 Å². The van der Waals surface area contributed by atoms with Crippen LogP contribution in [0.25, 0.3) is 0 Å². The zero-order chi connectivity index (χ0) is 12.3. The lowest BCUT2D eigenvalue weighted by atomic mass is 10.0. The zero-order valence-electron chi connectivity index (χ0n) is 9.83. The van der Waals surface area contributed by atoms with Crippen LogP contribution in [0.3, 0.4) is 0 Å². The fraction of sp³-hybridized carbons (Fsp3) is 0.538. The van der Waals surface area contributed by atoms with Gasteiger partial charge >= 0.3 is 0 Å². The van der Waals surface area contributed by atoms with E-state index < -0.39 is 11.6 Å². The Morgan fingerprint density at radius 3 is 2.65 bits per heavy atom. The molecule has 0 radical (unpaired) electrons. The summed E-state index contributed by atoms with van der Waals surface area (Å²) in [5.74, 6) is -1.47. The first kappa shape index (κ1) is 12.5. The molecule has 4 heteroatoms. The van der Waals surface area contributed by atoms with Gasteiger partial charge in [-0.25, -0.2) is 8.78 Å². The molecule has 0 unspecified atom stereocenters. The van der Waals surface area contributed by atoms with Crippen molar-refractivity contribution < 1.29 is 8.78 Å². The van der Waals surface area contributed by atoms with E-state index in [0.717, 1.165) is 38.5 Å². The standard InChI is InChI=1S/C13H18F2N2/c14-12-3-1-2-10(13(12)15)4-7-17-8-5-11(16)6-9-17/h1-3,11H,4-9,16H2. The van der Waals surface area contributed by atoms with Gasteiger partial charge in [-0.2, -0.15) is 0 Å². The minimum Gasteiger partial charge on any atom is -0.328 e. The number of piperidine rings is 1. The molecule has 1 aliphatic heterocycles. The summed E-state index contributed by atoms with van der Waals surface area (Å²) in [5.41, 5.74) is 6.27. The highest BCUT2D eigenvalue weighted by atomic mass is 19.2. The van der Waals surface area contributed by atoms with Crippen molar-refractivity contribution in [2.45, 2.75) is 25.3 Å². The molecule has 1 aliphatic rings. The van der Waals surface area contributed by atoms with Crippen LogP contribution in [0.1, 0.15) is 18.4 Å². The van der Waals surface area contributed by atoms with E-state index >= 15 is 0 Å². The summed E-state index contributed by atoms with van der Waals surface area (Å²) in [6.07, 6.45) is 2.54. The maximum absolute atomic E-state index is 13.4. The predicted octanol–water partition coefficient (Wildman–Crippen LogP) is 1.93. The first-order valence-corrected chi connectivity index (χ1v) is 6.07. The topological polar surface area (TPSA) is 29.3 Å². The molecule has 0 aliphatic carbocycles. The van der Waals surface area contributed by atoms with Crippen LogP contribution >= 0.6 is 0 Å². The van der Waals surface area contributed by atoms with Gasteiger partial charge in [-0.3, -0.25) is 0 Å². The van der Waals surface area contributed by atoms with E-state index in [1.54, 1.807) is 12.1 Å². The van der Waals surface area contributed by atoms with Crippen molar-refractivity contribution in [2.75, 3.05) is 19.6 Å². The van der Waals surface area contributed by atoms with Gasteiger partial charge < -0.3 is 10.6 Å². The SMILES string of the molecule is NC1CCN(CCc2cccc(F)c2F)CC1. The summed E-state index contributed by atoms with van der Waals surface area (Å²) in [5, 5.41) is 0. The van der Waals surface area contributed by atoms with Gasteiger partial charge in [0.2, 0.25) is 0 Å². The lowest BCUT2D eigenvalue weighted by Crippen LogP contribution is -2.40. The molecule has 1 heterocycles. The Morgan fingerprint density at radius 2 is 1.94 bits per heavy atom. The van der Waals surface area contributed by atoms with Gasteiger partial charge in [-0.05, 0) is 44.0 Å². The molecule has 0 bridgehead atoms. The summed E-state index contributed by atoms with van der Waals surface area (Å²) in [6, 6.07) is 4.66. The summed E-state index contributed by atoms with van der Waals surface area (Å²) in [6.45, 7) is 2.68. The summed E-state index contributed by atoms with van der Waals surface area (Å²) in [4.78, 5) is 2.26. The quantitative estimate of drug-likeness (QED) is 0.874. The fourth-order valence-electron chi connectivity index (χ4n) is 2.20. The average Bonchev–Trinajstić information content (AvgIpc) is 2.33. The lowest BCUT2D eigenvalue weighted by Gasteiger charge is -2.30. The molecule has 2 N–H and O–H groups in total. The molecule has 1 fully saturated rings. The Bertz CT molecular complexity index is 374. The van der Waals surface area contributed by atoms with Crippen molar-refractivity contribution in [1.82, 2.24) is 4.90 Å². The molecule has 2 nitrogen and oxygen atoms in total. The second-order valence-electron chi connectivity index (χ2n) is 4.64. The molecule has 0 atom stereocenters. The number of halogens is 2. The van der Waals surface area contributed by atoms with Crippen molar-refractivity contribution in [3.05, 3.63) is 35.4 Å². The van der Waals surface area contributed by atoms with Crippen molar-refractivity contribution >= 4 is 0 Å². The highest BCUT2D eigenvalue weighted by Crippen LogP contribution is 2.14. The number of benzene rings is 1. The summed E-state index contributed by atoms with van der Waals surface area (Å²) < 4.78 is 26.4. The van der Waals surface area contributed by atoms with Gasteiger partial charge in [-0.1, -0.05) is 12.1 Å². The van der Waals surface area contributed by atoms with Gasteiger partial charge in [0.1, 0.15) is 0 Å². The summed E-state index contributed by atoms with van der Waals surface area (Å²) in [7, 11) is 0. The minimum absolute atomic E-state index is 0.303. The van der Waals surface area contributed by atoms with Gasteiger partial charge in [0.25, 0.3) is 0 Å². The van der Waals surface area contributed by atoms with Crippen LogP contribution in [-0.2, 0) is 6.42 Å².